The Hall–Kier alpha value is -0.220. The molecule has 0 radical (unpaired) electrons. The average Bonchev–Trinajstić information content (AvgIpc) is 2.56. The predicted molar refractivity (Wildman–Crippen MR) is 48.1 cm³/mol. The maximum Gasteiger partial charge on any atom is 0.308 e. The minimum atomic E-state index is -0.507. The van der Waals surface area contributed by atoms with Crippen molar-refractivity contribution < 1.29 is 14.6 Å². The van der Waals surface area contributed by atoms with Crippen molar-refractivity contribution in [3.8, 4) is 0 Å². The van der Waals surface area contributed by atoms with Gasteiger partial charge < -0.3 is 9.84 Å². The number of carbonyl (C=O) groups excluding carboxylic acids is 1. The van der Waals surface area contributed by atoms with E-state index < -0.39 is 6.10 Å². The molecule has 70 valence electrons. The van der Waals surface area contributed by atoms with Gasteiger partial charge in [-0.05, 0) is 23.8 Å². The molecule has 1 unspecified atom stereocenters. The highest BCUT2D eigenvalue weighted by atomic mass is 32.2. The number of esters is 1. The van der Waals surface area contributed by atoms with Crippen molar-refractivity contribution in [1.82, 2.24) is 0 Å². The van der Waals surface area contributed by atoms with Crippen molar-refractivity contribution in [2.75, 3.05) is 18.6 Å². The molecule has 0 aromatic heterocycles. The van der Waals surface area contributed by atoms with E-state index in [4.69, 9.17) is 0 Å². The smallest absolute Gasteiger partial charge is 0.308 e. The average molecular weight is 190 g/mol. The Morgan fingerprint density at radius 3 is 3.08 bits per heavy atom. The van der Waals surface area contributed by atoms with Crippen molar-refractivity contribution in [1.29, 1.82) is 0 Å². The van der Waals surface area contributed by atoms with Crippen LogP contribution in [0, 0.1) is 5.92 Å². The quantitative estimate of drug-likeness (QED) is 0.664. The maximum atomic E-state index is 10.8. The Bertz CT molecular complexity index is 154. The molecule has 1 N–H and O–H groups in total. The number of carbonyl (C=O) groups is 1. The third-order valence-electron chi connectivity index (χ3n) is 2.11. The van der Waals surface area contributed by atoms with Gasteiger partial charge in [0.25, 0.3) is 0 Å². The minimum absolute atomic E-state index is 0.141. The van der Waals surface area contributed by atoms with Crippen LogP contribution in [0.5, 0.6) is 0 Å². The van der Waals surface area contributed by atoms with Gasteiger partial charge in [-0.15, -0.1) is 0 Å². The van der Waals surface area contributed by atoms with Gasteiger partial charge in [0.2, 0.25) is 0 Å². The van der Waals surface area contributed by atoms with E-state index in [9.17, 15) is 9.90 Å². The molecule has 0 saturated carbocycles. The minimum Gasteiger partial charge on any atom is -0.469 e. The summed E-state index contributed by atoms with van der Waals surface area (Å²) >= 11 is 1.83. The van der Waals surface area contributed by atoms with Crippen LogP contribution in [0.3, 0.4) is 0 Å². The van der Waals surface area contributed by atoms with Crippen molar-refractivity contribution >= 4 is 17.7 Å². The summed E-state index contributed by atoms with van der Waals surface area (Å²) < 4.78 is 4.47. The summed E-state index contributed by atoms with van der Waals surface area (Å²) in [5.41, 5.74) is 0. The fraction of sp³-hybridized carbons (Fsp3) is 0.875. The Labute approximate surface area is 76.5 Å². The molecule has 4 heteroatoms. The topological polar surface area (TPSA) is 46.5 Å². The molecule has 1 aliphatic heterocycles. The summed E-state index contributed by atoms with van der Waals surface area (Å²) in [6, 6.07) is 0. The van der Waals surface area contributed by atoms with Crippen LogP contribution < -0.4 is 0 Å². The number of aliphatic hydroxyl groups is 1. The van der Waals surface area contributed by atoms with Crippen molar-refractivity contribution in [3.63, 3.8) is 0 Å². The zero-order chi connectivity index (χ0) is 8.97. The number of thioether (sulfide) groups is 1. The Morgan fingerprint density at radius 2 is 2.58 bits per heavy atom. The molecule has 0 aromatic carbocycles. The Balaban J connectivity index is 2.26. The zero-order valence-electron chi connectivity index (χ0n) is 7.16. The lowest BCUT2D eigenvalue weighted by Crippen LogP contribution is -2.23. The number of hydrogen-bond donors (Lipinski definition) is 1. The van der Waals surface area contributed by atoms with E-state index in [0.717, 1.165) is 17.9 Å². The van der Waals surface area contributed by atoms with E-state index in [-0.39, 0.29) is 18.3 Å². The second-order valence-corrected chi connectivity index (χ2v) is 4.12. The first-order valence-corrected chi connectivity index (χ1v) is 5.22. The van der Waals surface area contributed by atoms with Crippen LogP contribution in [-0.4, -0.2) is 35.8 Å². The normalized spacial score (nSPS) is 25.3. The van der Waals surface area contributed by atoms with Crippen LogP contribution >= 0.6 is 11.8 Å². The van der Waals surface area contributed by atoms with Gasteiger partial charge in [0.1, 0.15) is 0 Å². The molecule has 0 aromatic rings. The third-order valence-corrected chi connectivity index (χ3v) is 3.30. The first-order chi connectivity index (χ1) is 5.74. The van der Waals surface area contributed by atoms with Crippen LogP contribution in [0.4, 0.5) is 0 Å². The van der Waals surface area contributed by atoms with E-state index in [0.29, 0.717) is 0 Å². The van der Waals surface area contributed by atoms with Gasteiger partial charge in [-0.1, -0.05) is 0 Å². The Morgan fingerprint density at radius 1 is 1.83 bits per heavy atom. The molecule has 1 fully saturated rings. The fourth-order valence-corrected chi connectivity index (χ4v) is 2.60. The monoisotopic (exact) mass is 190 g/mol. The first-order valence-electron chi connectivity index (χ1n) is 4.06. The zero-order valence-corrected chi connectivity index (χ0v) is 7.97. The maximum absolute atomic E-state index is 10.8. The van der Waals surface area contributed by atoms with Crippen LogP contribution in [0.2, 0.25) is 0 Å². The van der Waals surface area contributed by atoms with Gasteiger partial charge >= 0.3 is 5.97 Å². The van der Waals surface area contributed by atoms with Gasteiger partial charge in [0.15, 0.2) is 0 Å². The molecule has 12 heavy (non-hydrogen) atoms. The largest absolute Gasteiger partial charge is 0.469 e. The molecule has 2 atom stereocenters. The van der Waals surface area contributed by atoms with E-state index >= 15 is 0 Å². The standard InChI is InChI=1S/C8H14O3S/c1-11-8(10)4-7(9)6-2-3-12-5-6/h6-7,9H,2-5H2,1H3/t6?,7-/m1/s1. The molecule has 3 nitrogen and oxygen atoms in total. The molecule has 1 heterocycles. The SMILES string of the molecule is COC(=O)C[C@@H](O)C1CCSC1. The lowest BCUT2D eigenvalue weighted by atomic mass is 9.99. The number of methoxy groups -OCH3 is 1. The summed E-state index contributed by atoms with van der Waals surface area (Å²) in [4.78, 5) is 10.8. The van der Waals surface area contributed by atoms with Crippen LogP contribution in [0.25, 0.3) is 0 Å². The molecule has 0 amide bonds. The molecule has 1 aliphatic rings. The number of hydrogen-bond acceptors (Lipinski definition) is 4. The highest BCUT2D eigenvalue weighted by Gasteiger charge is 2.25. The van der Waals surface area contributed by atoms with Gasteiger partial charge in [-0.2, -0.15) is 11.8 Å². The number of aliphatic hydroxyl groups excluding tert-OH is 1. The number of ether oxygens (including phenoxy) is 1. The molecule has 1 rings (SSSR count). The second kappa shape index (κ2) is 4.72. The van der Waals surface area contributed by atoms with E-state index in [1.165, 1.54) is 7.11 Å². The van der Waals surface area contributed by atoms with Crippen LogP contribution in [0.1, 0.15) is 12.8 Å². The van der Waals surface area contributed by atoms with E-state index in [1.807, 2.05) is 11.8 Å². The third kappa shape index (κ3) is 2.68. The van der Waals surface area contributed by atoms with Gasteiger partial charge in [0.05, 0.1) is 19.6 Å². The summed E-state index contributed by atoms with van der Waals surface area (Å²) in [6.45, 7) is 0. The van der Waals surface area contributed by atoms with Crippen molar-refractivity contribution in [2.45, 2.75) is 18.9 Å². The molecule has 0 bridgehead atoms. The molecule has 0 aliphatic carbocycles. The Kier molecular flexibility index (Phi) is 3.88. The van der Waals surface area contributed by atoms with Crippen LogP contribution in [-0.2, 0) is 9.53 Å². The molecular formula is C8H14O3S. The molecule has 1 saturated heterocycles. The highest BCUT2D eigenvalue weighted by molar-refractivity contribution is 7.99. The lowest BCUT2D eigenvalue weighted by Gasteiger charge is -2.14. The number of rotatable bonds is 3. The van der Waals surface area contributed by atoms with Crippen molar-refractivity contribution in [2.24, 2.45) is 5.92 Å². The highest BCUT2D eigenvalue weighted by Crippen LogP contribution is 2.27. The summed E-state index contributed by atoms with van der Waals surface area (Å²) in [5, 5.41) is 9.54. The first kappa shape index (κ1) is 9.86. The van der Waals surface area contributed by atoms with Crippen LogP contribution in [0.15, 0.2) is 0 Å². The second-order valence-electron chi connectivity index (χ2n) is 2.97. The van der Waals surface area contributed by atoms with E-state index in [2.05, 4.69) is 4.74 Å². The summed E-state index contributed by atoms with van der Waals surface area (Å²) in [5.74, 6) is 2.04. The van der Waals surface area contributed by atoms with Gasteiger partial charge in [-0.25, -0.2) is 0 Å². The fourth-order valence-electron chi connectivity index (χ4n) is 1.28. The van der Waals surface area contributed by atoms with Gasteiger partial charge in [0, 0.05) is 0 Å². The van der Waals surface area contributed by atoms with Gasteiger partial charge in [-0.3, -0.25) is 4.79 Å². The summed E-state index contributed by atoms with van der Waals surface area (Å²) in [6.07, 6.45) is 0.650. The lowest BCUT2D eigenvalue weighted by molar-refractivity contribution is -0.143. The van der Waals surface area contributed by atoms with Crippen molar-refractivity contribution in [3.05, 3.63) is 0 Å². The molecule has 0 spiro atoms. The molecular weight excluding hydrogens is 176 g/mol. The summed E-state index contributed by atoms with van der Waals surface area (Å²) in [7, 11) is 1.35. The predicted octanol–water partition coefficient (Wildman–Crippen LogP) is 0.663. The van der Waals surface area contributed by atoms with E-state index in [1.54, 1.807) is 0 Å².